The van der Waals surface area contributed by atoms with Crippen LogP contribution in [0, 0.1) is 6.92 Å². The van der Waals surface area contributed by atoms with Crippen molar-refractivity contribution in [3.63, 3.8) is 0 Å². The fraction of sp³-hybridized carbons (Fsp3) is 0.241. The van der Waals surface area contributed by atoms with Gasteiger partial charge in [0.1, 0.15) is 5.75 Å². The first-order valence-electron chi connectivity index (χ1n) is 12.2. The van der Waals surface area contributed by atoms with Crippen LogP contribution in [0.1, 0.15) is 34.5 Å². The monoisotopic (exact) mass is 535 g/mol. The molecule has 1 aromatic heterocycles. The van der Waals surface area contributed by atoms with Gasteiger partial charge in [0.05, 0.1) is 45.2 Å². The molecule has 0 bridgehead atoms. The highest BCUT2D eigenvalue weighted by Crippen LogP contribution is 2.35. The predicted octanol–water partition coefficient (Wildman–Crippen LogP) is 7.10. The highest BCUT2D eigenvalue weighted by atomic mass is 35.5. The number of carbonyl (C=O) groups is 1. The third-order valence-electron chi connectivity index (χ3n) is 6.37. The molecule has 2 heterocycles. The van der Waals surface area contributed by atoms with Crippen molar-refractivity contribution >= 4 is 29.1 Å². The molecule has 1 aliphatic heterocycles. The van der Waals surface area contributed by atoms with E-state index in [9.17, 15) is 4.79 Å². The first-order valence-corrected chi connectivity index (χ1v) is 13.0. The van der Waals surface area contributed by atoms with Crippen LogP contribution < -0.4 is 4.74 Å². The molecular formula is C29H27Cl2N3O3. The van der Waals surface area contributed by atoms with Crippen LogP contribution in [0.5, 0.6) is 11.6 Å². The van der Waals surface area contributed by atoms with E-state index in [1.807, 2.05) is 67.6 Å². The number of benzene rings is 3. The number of para-hydroxylation sites is 2. The average Bonchev–Trinajstić information content (AvgIpc) is 3.53. The smallest absolute Gasteiger partial charge is 0.255 e. The zero-order valence-corrected chi connectivity index (χ0v) is 22.0. The molecule has 0 saturated carbocycles. The number of hydrogen-bond acceptors (Lipinski definition) is 4. The van der Waals surface area contributed by atoms with Crippen molar-refractivity contribution in [2.45, 2.75) is 32.4 Å². The Morgan fingerprint density at radius 2 is 1.73 bits per heavy atom. The van der Waals surface area contributed by atoms with Crippen LogP contribution in [0.15, 0.2) is 78.9 Å². The van der Waals surface area contributed by atoms with Crippen LogP contribution in [0.25, 0.3) is 5.69 Å². The van der Waals surface area contributed by atoms with E-state index in [1.165, 1.54) is 0 Å². The fourth-order valence-electron chi connectivity index (χ4n) is 4.45. The Labute approximate surface area is 226 Å². The van der Waals surface area contributed by atoms with Gasteiger partial charge in [-0.3, -0.25) is 4.79 Å². The molecule has 0 N–H and O–H groups in total. The second kappa shape index (κ2) is 11.4. The maximum absolute atomic E-state index is 13.8. The molecule has 0 spiro atoms. The lowest BCUT2D eigenvalue weighted by atomic mass is 10.1. The van der Waals surface area contributed by atoms with Gasteiger partial charge in [0, 0.05) is 13.2 Å². The maximum Gasteiger partial charge on any atom is 0.255 e. The standard InChI is InChI=1S/C29H27Cl2N3O3/c1-20-24(19-33(18-22-12-9-17-36-22)28(35)23-13-5-6-14-25(23)30)29(37-27-16-8-7-15-26(27)31)34(32-20)21-10-3-2-4-11-21/h2-8,10-11,13-16,22H,9,12,17-19H2,1H3/t22-/m1/s1. The van der Waals surface area contributed by atoms with E-state index >= 15 is 0 Å². The van der Waals surface area contributed by atoms with Crippen molar-refractivity contribution in [2.24, 2.45) is 0 Å². The molecule has 4 aromatic rings. The molecule has 1 saturated heterocycles. The number of aromatic nitrogens is 2. The van der Waals surface area contributed by atoms with Crippen molar-refractivity contribution in [1.82, 2.24) is 14.7 Å². The lowest BCUT2D eigenvalue weighted by molar-refractivity contribution is 0.0505. The summed E-state index contributed by atoms with van der Waals surface area (Å²) in [5, 5.41) is 5.69. The van der Waals surface area contributed by atoms with E-state index in [0.717, 1.165) is 29.8 Å². The molecule has 1 fully saturated rings. The average molecular weight is 536 g/mol. The summed E-state index contributed by atoms with van der Waals surface area (Å²) in [4.78, 5) is 15.5. The van der Waals surface area contributed by atoms with E-state index < -0.39 is 0 Å². The summed E-state index contributed by atoms with van der Waals surface area (Å²) in [5.41, 5.74) is 2.81. The summed E-state index contributed by atoms with van der Waals surface area (Å²) in [7, 11) is 0. The minimum Gasteiger partial charge on any atom is -0.437 e. The van der Waals surface area contributed by atoms with Crippen LogP contribution in [0.4, 0.5) is 0 Å². The first kappa shape index (κ1) is 25.3. The molecule has 5 rings (SSSR count). The summed E-state index contributed by atoms with van der Waals surface area (Å²) in [5.74, 6) is 0.836. The summed E-state index contributed by atoms with van der Waals surface area (Å²) >= 11 is 12.9. The highest BCUT2D eigenvalue weighted by molar-refractivity contribution is 6.33. The Hall–Kier alpha value is -3.32. The Kier molecular flexibility index (Phi) is 7.79. The number of amides is 1. The normalized spacial score (nSPS) is 15.1. The zero-order valence-electron chi connectivity index (χ0n) is 20.4. The van der Waals surface area contributed by atoms with Crippen molar-refractivity contribution in [1.29, 1.82) is 0 Å². The van der Waals surface area contributed by atoms with E-state index in [1.54, 1.807) is 27.8 Å². The van der Waals surface area contributed by atoms with E-state index in [2.05, 4.69) is 0 Å². The van der Waals surface area contributed by atoms with Crippen LogP contribution in [-0.4, -0.2) is 39.8 Å². The molecule has 0 radical (unpaired) electrons. The van der Waals surface area contributed by atoms with Crippen molar-refractivity contribution in [3.05, 3.63) is 106 Å². The minimum atomic E-state index is -0.170. The molecule has 0 aliphatic carbocycles. The van der Waals surface area contributed by atoms with Gasteiger partial charge in [-0.05, 0) is 56.2 Å². The van der Waals surface area contributed by atoms with Crippen LogP contribution in [0.2, 0.25) is 10.0 Å². The lowest BCUT2D eigenvalue weighted by Crippen LogP contribution is -2.37. The number of rotatable bonds is 8. The Morgan fingerprint density at radius 1 is 1.03 bits per heavy atom. The molecule has 190 valence electrons. The lowest BCUT2D eigenvalue weighted by Gasteiger charge is -2.26. The number of nitrogens with zero attached hydrogens (tertiary/aromatic N) is 3. The molecule has 1 amide bonds. The minimum absolute atomic E-state index is 0.0381. The van der Waals surface area contributed by atoms with E-state index in [-0.39, 0.29) is 18.6 Å². The van der Waals surface area contributed by atoms with Gasteiger partial charge in [0.25, 0.3) is 5.91 Å². The third-order valence-corrected chi connectivity index (χ3v) is 7.01. The van der Waals surface area contributed by atoms with E-state index in [4.69, 9.17) is 37.8 Å². The molecule has 37 heavy (non-hydrogen) atoms. The maximum atomic E-state index is 13.8. The molecular weight excluding hydrogens is 509 g/mol. The van der Waals surface area contributed by atoms with Gasteiger partial charge in [0.2, 0.25) is 5.88 Å². The van der Waals surface area contributed by atoms with Crippen molar-refractivity contribution in [2.75, 3.05) is 13.2 Å². The van der Waals surface area contributed by atoms with Crippen LogP contribution in [0.3, 0.4) is 0 Å². The number of halogens is 2. The molecule has 1 atom stereocenters. The van der Waals surface area contributed by atoms with E-state index in [0.29, 0.717) is 40.4 Å². The topological polar surface area (TPSA) is 56.6 Å². The molecule has 0 unspecified atom stereocenters. The Bertz CT molecular complexity index is 1380. The number of aryl methyl sites for hydroxylation is 1. The van der Waals surface area contributed by atoms with Gasteiger partial charge in [0.15, 0.2) is 0 Å². The highest BCUT2D eigenvalue weighted by Gasteiger charge is 2.28. The Balaban J connectivity index is 1.57. The van der Waals surface area contributed by atoms with Crippen LogP contribution in [-0.2, 0) is 11.3 Å². The van der Waals surface area contributed by atoms with Crippen molar-refractivity contribution < 1.29 is 14.3 Å². The number of carbonyl (C=O) groups excluding carboxylic acids is 1. The quantitative estimate of drug-likeness (QED) is 0.241. The largest absolute Gasteiger partial charge is 0.437 e. The number of hydrogen-bond donors (Lipinski definition) is 0. The third kappa shape index (κ3) is 5.67. The van der Waals surface area contributed by atoms with Gasteiger partial charge in [-0.15, -0.1) is 0 Å². The van der Waals surface area contributed by atoms with Crippen LogP contribution >= 0.6 is 23.2 Å². The number of ether oxygens (including phenoxy) is 2. The van der Waals surface area contributed by atoms with Gasteiger partial charge >= 0.3 is 0 Å². The summed E-state index contributed by atoms with van der Waals surface area (Å²) in [6.07, 6.45) is 1.84. The SMILES string of the molecule is Cc1nn(-c2ccccc2)c(Oc2ccccc2Cl)c1CN(C[C@H]1CCCO1)C(=O)c1ccccc1Cl. The van der Waals surface area contributed by atoms with Gasteiger partial charge in [-0.25, -0.2) is 4.68 Å². The fourth-order valence-corrected chi connectivity index (χ4v) is 4.84. The second-order valence-corrected chi connectivity index (χ2v) is 9.76. The summed E-state index contributed by atoms with van der Waals surface area (Å²) in [6, 6.07) is 24.1. The molecule has 6 nitrogen and oxygen atoms in total. The molecule has 3 aromatic carbocycles. The summed E-state index contributed by atoms with van der Waals surface area (Å²) < 4.78 is 14.0. The molecule has 8 heteroatoms. The van der Waals surface area contributed by atoms with Gasteiger partial charge < -0.3 is 14.4 Å². The van der Waals surface area contributed by atoms with Gasteiger partial charge in [-0.1, -0.05) is 65.7 Å². The predicted molar refractivity (Wildman–Crippen MR) is 145 cm³/mol. The van der Waals surface area contributed by atoms with Crippen molar-refractivity contribution in [3.8, 4) is 17.3 Å². The first-order chi connectivity index (χ1) is 18.0. The van der Waals surface area contributed by atoms with Gasteiger partial charge in [-0.2, -0.15) is 5.10 Å². The zero-order chi connectivity index (χ0) is 25.8. The summed E-state index contributed by atoms with van der Waals surface area (Å²) in [6.45, 7) is 3.32. The second-order valence-electron chi connectivity index (χ2n) is 8.95. The molecule has 1 aliphatic rings. The Morgan fingerprint density at radius 3 is 2.43 bits per heavy atom.